The third-order valence-electron chi connectivity index (χ3n) is 1.67. The Labute approximate surface area is 98.6 Å². The van der Waals surface area contributed by atoms with E-state index < -0.39 is 6.10 Å². The van der Waals surface area contributed by atoms with Crippen LogP contribution in [0.25, 0.3) is 0 Å². The Balaban J connectivity index is 2.59. The smallest absolute Gasteiger partial charge is 0.0847 e. The Morgan fingerprint density at radius 3 is 2.79 bits per heavy atom. The average Bonchev–Trinajstić information content (AvgIpc) is 2.16. The first-order chi connectivity index (χ1) is 6.63. The Hall–Kier alpha value is -0.0900. The number of halogens is 2. The van der Waals surface area contributed by atoms with Gasteiger partial charge in [0.05, 0.1) is 12.0 Å². The minimum absolute atomic E-state index is 0.211. The van der Waals surface area contributed by atoms with Crippen LogP contribution in [0.5, 0.6) is 0 Å². The molecule has 0 saturated heterocycles. The summed E-state index contributed by atoms with van der Waals surface area (Å²) in [5, 5.41) is 12.9. The van der Waals surface area contributed by atoms with Crippen molar-refractivity contribution in [2.45, 2.75) is 11.0 Å². The highest BCUT2D eigenvalue weighted by Crippen LogP contribution is 2.23. The van der Waals surface area contributed by atoms with Crippen LogP contribution in [0.3, 0.4) is 0 Å². The highest BCUT2D eigenvalue weighted by Gasteiger charge is 2.03. The van der Waals surface area contributed by atoms with Gasteiger partial charge in [-0.25, -0.2) is 0 Å². The minimum Gasteiger partial charge on any atom is -0.390 e. The molecule has 0 aliphatic rings. The molecule has 1 rings (SSSR count). The Bertz CT molecular complexity index is 309. The van der Waals surface area contributed by atoms with Crippen LogP contribution in [-0.2, 0) is 0 Å². The van der Waals surface area contributed by atoms with E-state index >= 15 is 0 Å². The second-order valence-electron chi connectivity index (χ2n) is 2.85. The van der Waals surface area contributed by atoms with E-state index in [1.807, 2.05) is 6.07 Å². The molecular formula is C9H11Cl2NOS. The Morgan fingerprint density at radius 1 is 1.50 bits per heavy atom. The molecule has 0 aliphatic carbocycles. The average molecular weight is 252 g/mol. The van der Waals surface area contributed by atoms with E-state index in [1.165, 1.54) is 0 Å². The van der Waals surface area contributed by atoms with Crippen LogP contribution in [0.4, 0.5) is 5.69 Å². The number of benzene rings is 1. The molecule has 2 N–H and O–H groups in total. The van der Waals surface area contributed by atoms with Gasteiger partial charge in [0.2, 0.25) is 0 Å². The van der Waals surface area contributed by atoms with Crippen LogP contribution < -0.4 is 5.32 Å². The normalized spacial score (nSPS) is 12.6. The summed E-state index contributed by atoms with van der Waals surface area (Å²) in [4.78, 5) is 0.749. The van der Waals surface area contributed by atoms with Crippen molar-refractivity contribution in [1.82, 2.24) is 0 Å². The second-order valence-corrected chi connectivity index (χ2v) is 4.08. The van der Waals surface area contributed by atoms with Gasteiger partial charge in [0, 0.05) is 22.2 Å². The molecule has 5 heteroatoms. The van der Waals surface area contributed by atoms with E-state index in [4.69, 9.17) is 23.2 Å². The fourth-order valence-electron chi connectivity index (χ4n) is 0.937. The number of anilines is 1. The van der Waals surface area contributed by atoms with Gasteiger partial charge in [-0.1, -0.05) is 11.6 Å². The molecule has 0 saturated carbocycles. The number of nitrogens with one attached hydrogen (secondary N) is 1. The summed E-state index contributed by atoms with van der Waals surface area (Å²) >= 11 is 15.5. The first-order valence-electron chi connectivity index (χ1n) is 4.10. The van der Waals surface area contributed by atoms with Crippen molar-refractivity contribution in [3.05, 3.63) is 23.2 Å². The summed E-state index contributed by atoms with van der Waals surface area (Å²) in [5.74, 6) is 0.211. The number of hydrogen-bond acceptors (Lipinski definition) is 3. The van der Waals surface area contributed by atoms with E-state index in [0.29, 0.717) is 11.6 Å². The van der Waals surface area contributed by atoms with E-state index in [-0.39, 0.29) is 5.88 Å². The number of aliphatic hydroxyl groups excluding tert-OH is 1. The molecule has 1 aromatic rings. The Morgan fingerprint density at radius 2 is 2.21 bits per heavy atom. The van der Waals surface area contributed by atoms with Crippen LogP contribution in [-0.4, -0.2) is 23.6 Å². The number of alkyl halides is 1. The van der Waals surface area contributed by atoms with Gasteiger partial charge in [-0.05, 0) is 18.2 Å². The van der Waals surface area contributed by atoms with Crippen molar-refractivity contribution in [1.29, 1.82) is 0 Å². The summed E-state index contributed by atoms with van der Waals surface area (Å²) in [6.45, 7) is 0.401. The number of aliphatic hydroxyl groups is 1. The van der Waals surface area contributed by atoms with E-state index in [1.54, 1.807) is 12.1 Å². The molecule has 0 aromatic heterocycles. The van der Waals surface area contributed by atoms with Gasteiger partial charge in [-0.3, -0.25) is 0 Å². The quantitative estimate of drug-likeness (QED) is 0.568. The van der Waals surface area contributed by atoms with Gasteiger partial charge < -0.3 is 10.4 Å². The highest BCUT2D eigenvalue weighted by molar-refractivity contribution is 7.80. The van der Waals surface area contributed by atoms with Crippen LogP contribution >= 0.6 is 35.8 Å². The zero-order valence-corrected chi connectivity index (χ0v) is 9.78. The number of hydrogen-bond donors (Lipinski definition) is 3. The molecule has 0 fully saturated rings. The van der Waals surface area contributed by atoms with Crippen molar-refractivity contribution in [2.24, 2.45) is 0 Å². The van der Waals surface area contributed by atoms with E-state index in [9.17, 15) is 5.11 Å². The van der Waals surface area contributed by atoms with Crippen molar-refractivity contribution in [3.63, 3.8) is 0 Å². The van der Waals surface area contributed by atoms with Gasteiger partial charge in [0.25, 0.3) is 0 Å². The third-order valence-corrected chi connectivity index (χ3v) is 2.63. The summed E-state index contributed by atoms with van der Waals surface area (Å²) in [5.41, 5.74) is 0.835. The standard InChI is InChI=1S/C9H11Cl2NOS/c10-4-7(13)5-12-8-2-1-6(11)3-9(8)14/h1-3,7,12-14H,4-5H2. The predicted octanol–water partition coefficient (Wildman–Crippen LogP) is 2.64. The highest BCUT2D eigenvalue weighted by atomic mass is 35.5. The fourth-order valence-corrected chi connectivity index (χ4v) is 1.59. The van der Waals surface area contributed by atoms with Crippen LogP contribution in [0.1, 0.15) is 0 Å². The van der Waals surface area contributed by atoms with E-state index in [2.05, 4.69) is 17.9 Å². The maximum absolute atomic E-state index is 9.22. The largest absolute Gasteiger partial charge is 0.390 e. The van der Waals surface area contributed by atoms with Crippen molar-refractivity contribution >= 4 is 41.5 Å². The lowest BCUT2D eigenvalue weighted by Crippen LogP contribution is -2.20. The third kappa shape index (κ3) is 3.58. The molecule has 2 nitrogen and oxygen atoms in total. The molecule has 0 spiro atoms. The monoisotopic (exact) mass is 251 g/mol. The first kappa shape index (κ1) is 12.0. The summed E-state index contributed by atoms with van der Waals surface area (Å²) in [6.07, 6.45) is -0.555. The molecule has 1 aromatic carbocycles. The van der Waals surface area contributed by atoms with Gasteiger partial charge >= 0.3 is 0 Å². The van der Waals surface area contributed by atoms with Gasteiger partial charge in [0.1, 0.15) is 0 Å². The molecule has 1 atom stereocenters. The molecule has 0 amide bonds. The first-order valence-corrected chi connectivity index (χ1v) is 5.46. The molecule has 14 heavy (non-hydrogen) atoms. The van der Waals surface area contributed by atoms with Crippen molar-refractivity contribution in [3.8, 4) is 0 Å². The lowest BCUT2D eigenvalue weighted by molar-refractivity contribution is 0.211. The van der Waals surface area contributed by atoms with Crippen LogP contribution in [0.2, 0.25) is 5.02 Å². The lowest BCUT2D eigenvalue weighted by atomic mass is 10.3. The fraction of sp³-hybridized carbons (Fsp3) is 0.333. The number of rotatable bonds is 4. The molecule has 78 valence electrons. The molecule has 0 heterocycles. The molecule has 1 unspecified atom stereocenters. The summed E-state index contributed by atoms with van der Waals surface area (Å²) in [7, 11) is 0. The van der Waals surface area contributed by atoms with Gasteiger partial charge in [-0.2, -0.15) is 0 Å². The lowest BCUT2D eigenvalue weighted by Gasteiger charge is -2.11. The molecule has 0 bridgehead atoms. The zero-order valence-electron chi connectivity index (χ0n) is 7.37. The Kier molecular flexibility index (Phi) is 4.89. The zero-order chi connectivity index (χ0) is 10.6. The van der Waals surface area contributed by atoms with E-state index in [0.717, 1.165) is 10.6 Å². The predicted molar refractivity (Wildman–Crippen MR) is 63.9 cm³/mol. The molecular weight excluding hydrogens is 241 g/mol. The summed E-state index contributed by atoms with van der Waals surface area (Å²) < 4.78 is 0. The molecule has 0 aliphatic heterocycles. The van der Waals surface area contributed by atoms with Crippen molar-refractivity contribution in [2.75, 3.05) is 17.7 Å². The SMILES string of the molecule is OC(CCl)CNc1ccc(Cl)cc1S. The van der Waals surface area contributed by atoms with Gasteiger partial charge in [0.15, 0.2) is 0 Å². The topological polar surface area (TPSA) is 32.3 Å². The maximum atomic E-state index is 9.22. The minimum atomic E-state index is -0.555. The molecule has 0 radical (unpaired) electrons. The van der Waals surface area contributed by atoms with Crippen LogP contribution in [0.15, 0.2) is 23.1 Å². The second kappa shape index (κ2) is 5.71. The summed E-state index contributed by atoms with van der Waals surface area (Å²) in [6, 6.07) is 5.31. The number of thiol groups is 1. The van der Waals surface area contributed by atoms with Crippen molar-refractivity contribution < 1.29 is 5.11 Å². The van der Waals surface area contributed by atoms with Crippen LogP contribution in [0, 0.1) is 0 Å². The maximum Gasteiger partial charge on any atom is 0.0847 e. The van der Waals surface area contributed by atoms with Gasteiger partial charge in [-0.15, -0.1) is 24.2 Å².